The van der Waals surface area contributed by atoms with Crippen molar-refractivity contribution in [2.75, 3.05) is 0 Å². The van der Waals surface area contributed by atoms with Crippen LogP contribution in [0.3, 0.4) is 0 Å². The molecule has 1 aromatic rings. The first-order valence-electron chi connectivity index (χ1n) is 4.63. The third kappa shape index (κ3) is 3.56. The molecule has 1 radical (unpaired) electrons. The fraction of sp³-hybridized carbons (Fsp3) is 0.167. The van der Waals surface area contributed by atoms with Crippen LogP contribution in [0.15, 0.2) is 36.5 Å². The van der Waals surface area contributed by atoms with Gasteiger partial charge in [0.15, 0.2) is 0 Å². The summed E-state index contributed by atoms with van der Waals surface area (Å²) in [5.74, 6) is 0. The van der Waals surface area contributed by atoms with E-state index in [1.54, 1.807) is 0 Å². The van der Waals surface area contributed by atoms with Gasteiger partial charge < -0.3 is 5.32 Å². The van der Waals surface area contributed by atoms with Crippen LogP contribution >= 0.6 is 34.2 Å². The Balaban J connectivity index is 0.00000128. The van der Waals surface area contributed by atoms with Crippen LogP contribution < -0.4 is 5.32 Å². The number of benzene rings is 1. The van der Waals surface area contributed by atoms with Crippen LogP contribution in [-0.4, -0.2) is 3.92 Å². The normalized spacial score (nSPS) is 19.5. The maximum atomic E-state index is 5.83. The van der Waals surface area contributed by atoms with Crippen LogP contribution in [0.25, 0.3) is 5.70 Å². The second kappa shape index (κ2) is 6.53. The molecule has 1 atom stereocenters. The van der Waals surface area contributed by atoms with E-state index in [9.17, 15) is 0 Å². The summed E-state index contributed by atoms with van der Waals surface area (Å²) in [6.07, 6.45) is 4.24. The molecule has 2 rings (SSSR count). The third-order valence-corrected chi connectivity index (χ3v) is 3.70. The van der Waals surface area contributed by atoms with Gasteiger partial charge in [0, 0.05) is 47.4 Å². The Labute approximate surface area is 140 Å². The minimum atomic E-state index is 0. The number of alkyl halides is 1. The first-order valence-corrected chi connectivity index (χ1v) is 6.26. The summed E-state index contributed by atoms with van der Waals surface area (Å²) in [4.78, 5) is 0. The number of allylic oxidation sites excluding steroid dienone is 2. The summed E-state index contributed by atoms with van der Waals surface area (Å²) in [6, 6.07) is 7.73. The van der Waals surface area contributed by atoms with E-state index in [0.29, 0.717) is 3.92 Å². The van der Waals surface area contributed by atoms with E-state index in [-0.39, 0.29) is 32.7 Å². The Morgan fingerprint density at radius 3 is 2.56 bits per heavy atom. The Hall–Kier alpha value is 0.624. The fourth-order valence-electron chi connectivity index (χ4n) is 1.39. The monoisotopic (exact) mass is 419 g/mol. The van der Waals surface area contributed by atoms with Gasteiger partial charge in [-0.2, -0.15) is 5.56 Å². The zero-order chi connectivity index (χ0) is 10.8. The standard InChI is InChI=1S/C12H10ClIN.Y/c1-8-11(14)6-7-12(15-8)9-2-4-10(13)5-3-9;/h2-5,11,15H,1,6H2;/q-1;. The summed E-state index contributed by atoms with van der Waals surface area (Å²) in [7, 11) is 0. The van der Waals surface area contributed by atoms with Crippen molar-refractivity contribution in [3.05, 3.63) is 53.2 Å². The summed E-state index contributed by atoms with van der Waals surface area (Å²) in [5, 5.41) is 4.01. The molecule has 1 aromatic carbocycles. The second-order valence-corrected chi connectivity index (χ2v) is 5.32. The predicted octanol–water partition coefficient (Wildman–Crippen LogP) is 3.79. The fourth-order valence-corrected chi connectivity index (χ4v) is 1.89. The summed E-state index contributed by atoms with van der Waals surface area (Å²) >= 11 is 8.19. The van der Waals surface area contributed by atoms with Gasteiger partial charge in [0.25, 0.3) is 0 Å². The van der Waals surface area contributed by atoms with Gasteiger partial charge in [-0.15, -0.1) is 17.8 Å². The Bertz CT molecular complexity index is 414. The number of rotatable bonds is 1. The molecule has 0 saturated heterocycles. The average molecular weight is 419 g/mol. The Kier molecular flexibility index (Phi) is 5.99. The van der Waals surface area contributed by atoms with Crippen molar-refractivity contribution in [2.24, 2.45) is 0 Å². The van der Waals surface area contributed by atoms with Crippen LogP contribution in [0.4, 0.5) is 0 Å². The van der Waals surface area contributed by atoms with Crippen molar-refractivity contribution < 1.29 is 32.7 Å². The Morgan fingerprint density at radius 2 is 2.00 bits per heavy atom. The van der Waals surface area contributed by atoms with E-state index in [1.807, 2.05) is 24.3 Å². The van der Waals surface area contributed by atoms with Gasteiger partial charge in [0.2, 0.25) is 0 Å². The summed E-state index contributed by atoms with van der Waals surface area (Å²) in [5.41, 5.74) is 3.15. The first kappa shape index (κ1) is 14.7. The van der Waals surface area contributed by atoms with Crippen molar-refractivity contribution in [3.63, 3.8) is 0 Å². The van der Waals surface area contributed by atoms with Gasteiger partial charge in [-0.05, 0) is 0 Å². The van der Waals surface area contributed by atoms with Gasteiger partial charge in [-0.1, -0.05) is 59.3 Å². The number of hydrogen-bond donors (Lipinski definition) is 1. The molecule has 81 valence electrons. The van der Waals surface area contributed by atoms with E-state index >= 15 is 0 Å². The van der Waals surface area contributed by atoms with Gasteiger partial charge in [-0.3, -0.25) is 0 Å². The first-order chi connectivity index (χ1) is 7.16. The van der Waals surface area contributed by atoms with Crippen molar-refractivity contribution >= 4 is 39.9 Å². The van der Waals surface area contributed by atoms with Crippen molar-refractivity contribution in [2.45, 2.75) is 10.3 Å². The molecule has 0 aromatic heterocycles. The molecule has 0 aliphatic carbocycles. The zero-order valence-corrected chi connectivity index (χ0v) is 14.4. The van der Waals surface area contributed by atoms with Crippen LogP contribution in [0.2, 0.25) is 5.02 Å². The molecule has 1 nitrogen and oxygen atoms in total. The quantitative estimate of drug-likeness (QED) is 0.415. The molecule has 1 unspecified atom stereocenters. The number of hydrogen-bond acceptors (Lipinski definition) is 1. The number of nitrogens with one attached hydrogen (secondary N) is 1. The van der Waals surface area contributed by atoms with E-state index < -0.39 is 0 Å². The summed E-state index contributed by atoms with van der Waals surface area (Å²) in [6.45, 7) is 3.98. The Morgan fingerprint density at radius 1 is 1.38 bits per heavy atom. The summed E-state index contributed by atoms with van der Waals surface area (Å²) < 4.78 is 0.429. The van der Waals surface area contributed by atoms with Crippen molar-refractivity contribution in [1.29, 1.82) is 0 Å². The molecule has 1 aliphatic heterocycles. The van der Waals surface area contributed by atoms with Crippen LogP contribution in [-0.2, 0) is 32.7 Å². The van der Waals surface area contributed by atoms with Crippen molar-refractivity contribution in [1.82, 2.24) is 5.32 Å². The third-order valence-electron chi connectivity index (χ3n) is 2.25. The maximum absolute atomic E-state index is 5.83. The molecule has 1 N–H and O–H groups in total. The molecule has 0 saturated carbocycles. The topological polar surface area (TPSA) is 12.0 Å². The van der Waals surface area contributed by atoms with Gasteiger partial charge in [0.05, 0.1) is 0 Å². The molecular weight excluding hydrogens is 409 g/mol. The molecular formula is C12H10ClINY-. The molecule has 4 heteroatoms. The zero-order valence-electron chi connectivity index (χ0n) is 8.63. The molecule has 16 heavy (non-hydrogen) atoms. The molecule has 0 fully saturated rings. The average Bonchev–Trinajstić information content (AvgIpc) is 2.23. The predicted molar refractivity (Wildman–Crippen MR) is 72.8 cm³/mol. The molecule has 0 spiro atoms. The maximum Gasteiger partial charge on any atom is 0.0379 e. The van der Waals surface area contributed by atoms with E-state index in [4.69, 9.17) is 11.6 Å². The molecule has 0 bridgehead atoms. The minimum absolute atomic E-state index is 0. The van der Waals surface area contributed by atoms with E-state index in [0.717, 1.165) is 28.4 Å². The van der Waals surface area contributed by atoms with Crippen molar-refractivity contribution in [3.8, 4) is 0 Å². The SMILES string of the molecule is C=C1NC(c2ccc(Cl)cc2)=[C-]CC1I.[Y]. The largest absolute Gasteiger partial charge is 0.393 e. The van der Waals surface area contributed by atoms with E-state index in [2.05, 4.69) is 40.6 Å². The van der Waals surface area contributed by atoms with Gasteiger partial charge in [-0.25, -0.2) is 6.08 Å². The second-order valence-electron chi connectivity index (χ2n) is 3.38. The van der Waals surface area contributed by atoms with Crippen LogP contribution in [0.1, 0.15) is 12.0 Å². The van der Waals surface area contributed by atoms with Crippen LogP contribution in [0.5, 0.6) is 0 Å². The molecule has 1 heterocycles. The van der Waals surface area contributed by atoms with Crippen LogP contribution in [0, 0.1) is 6.08 Å². The van der Waals surface area contributed by atoms with E-state index in [1.165, 1.54) is 0 Å². The molecule has 1 aliphatic rings. The molecule has 0 amide bonds. The van der Waals surface area contributed by atoms with Gasteiger partial charge >= 0.3 is 0 Å². The smallest absolute Gasteiger partial charge is 0.0379 e. The number of halogens is 2. The minimum Gasteiger partial charge on any atom is -0.393 e. The van der Waals surface area contributed by atoms with Gasteiger partial charge in [0.1, 0.15) is 0 Å².